The van der Waals surface area contributed by atoms with E-state index in [0.717, 1.165) is 0 Å². The number of nitrogens with one attached hydrogen (secondary N) is 1. The van der Waals surface area contributed by atoms with Crippen molar-refractivity contribution in [1.82, 2.24) is 9.13 Å². The third-order valence-electron chi connectivity index (χ3n) is 2.26. The van der Waals surface area contributed by atoms with E-state index >= 15 is 0 Å². The maximum Gasteiger partial charge on any atom is 0.331 e. The van der Waals surface area contributed by atoms with Gasteiger partial charge in [-0.1, -0.05) is 0 Å². The summed E-state index contributed by atoms with van der Waals surface area (Å²) in [5.74, 6) is 0. The Morgan fingerprint density at radius 3 is 2.33 bits per heavy atom. The lowest BCUT2D eigenvalue weighted by Crippen LogP contribution is -2.40. The molecular weight excluding hydrogens is 194 g/mol. The molecule has 0 aliphatic carbocycles. The highest BCUT2D eigenvalue weighted by Gasteiger charge is 2.07. The summed E-state index contributed by atoms with van der Waals surface area (Å²) in [4.78, 5) is 23.5. The van der Waals surface area contributed by atoms with Gasteiger partial charge in [-0.25, -0.2) is 4.79 Å². The Hall–Kier alpha value is -1.52. The number of aryl methyl sites for hydroxylation is 1. The third kappa shape index (κ3) is 2.11. The standard InChI is InChI=1S/C10H17N3O2/c1-4-11-8-7-12(5-2)10(15)13(6-3)9(8)14/h7,11H,4-6H2,1-3H3. The molecule has 0 saturated carbocycles. The SMILES string of the molecule is CCNc1cn(CC)c(=O)n(CC)c1=O. The van der Waals surface area contributed by atoms with Crippen molar-refractivity contribution < 1.29 is 0 Å². The monoisotopic (exact) mass is 211 g/mol. The molecular formula is C10H17N3O2. The lowest BCUT2D eigenvalue weighted by atomic mass is 10.4. The molecule has 0 bridgehead atoms. The van der Waals surface area contributed by atoms with Gasteiger partial charge in [-0.2, -0.15) is 0 Å². The minimum atomic E-state index is -0.244. The van der Waals surface area contributed by atoms with Gasteiger partial charge in [0, 0.05) is 25.8 Å². The first-order valence-electron chi connectivity index (χ1n) is 5.23. The summed E-state index contributed by atoms with van der Waals surface area (Å²) in [6.07, 6.45) is 1.58. The number of anilines is 1. The van der Waals surface area contributed by atoms with Crippen molar-refractivity contribution in [2.24, 2.45) is 0 Å². The van der Waals surface area contributed by atoms with Crippen LogP contribution in [0, 0.1) is 0 Å². The summed E-state index contributed by atoms with van der Waals surface area (Å²) in [6.45, 7) is 7.21. The topological polar surface area (TPSA) is 56.0 Å². The van der Waals surface area contributed by atoms with Gasteiger partial charge in [0.2, 0.25) is 0 Å². The van der Waals surface area contributed by atoms with E-state index in [0.29, 0.717) is 25.3 Å². The van der Waals surface area contributed by atoms with Crippen LogP contribution in [0.25, 0.3) is 0 Å². The Morgan fingerprint density at radius 1 is 1.20 bits per heavy atom. The molecule has 15 heavy (non-hydrogen) atoms. The van der Waals surface area contributed by atoms with Crippen LogP contribution in [0.5, 0.6) is 0 Å². The van der Waals surface area contributed by atoms with Crippen molar-refractivity contribution in [1.29, 1.82) is 0 Å². The first-order chi connectivity index (χ1) is 7.15. The predicted molar refractivity (Wildman–Crippen MR) is 60.5 cm³/mol. The van der Waals surface area contributed by atoms with E-state index in [4.69, 9.17) is 0 Å². The van der Waals surface area contributed by atoms with Crippen molar-refractivity contribution in [2.45, 2.75) is 33.9 Å². The molecule has 84 valence electrons. The van der Waals surface area contributed by atoms with Crippen LogP contribution in [0.3, 0.4) is 0 Å². The molecule has 0 unspecified atom stereocenters. The maximum atomic E-state index is 11.8. The highest BCUT2D eigenvalue weighted by molar-refractivity contribution is 5.37. The molecule has 0 aliphatic rings. The number of aromatic nitrogens is 2. The van der Waals surface area contributed by atoms with Crippen LogP contribution < -0.4 is 16.6 Å². The number of nitrogens with zero attached hydrogens (tertiary/aromatic N) is 2. The van der Waals surface area contributed by atoms with Gasteiger partial charge < -0.3 is 5.32 Å². The fourth-order valence-corrected chi connectivity index (χ4v) is 1.47. The highest BCUT2D eigenvalue weighted by Crippen LogP contribution is 1.95. The van der Waals surface area contributed by atoms with Crippen molar-refractivity contribution in [3.05, 3.63) is 27.0 Å². The number of rotatable bonds is 4. The molecule has 0 aromatic carbocycles. The first-order valence-corrected chi connectivity index (χ1v) is 5.23. The number of hydrogen-bond donors (Lipinski definition) is 1. The van der Waals surface area contributed by atoms with Crippen molar-refractivity contribution >= 4 is 5.69 Å². The lowest BCUT2D eigenvalue weighted by Gasteiger charge is -2.10. The third-order valence-corrected chi connectivity index (χ3v) is 2.26. The van der Waals surface area contributed by atoms with Gasteiger partial charge in [-0.15, -0.1) is 0 Å². The lowest BCUT2D eigenvalue weighted by molar-refractivity contribution is 0.589. The fourth-order valence-electron chi connectivity index (χ4n) is 1.47. The molecule has 0 amide bonds. The van der Waals surface area contributed by atoms with E-state index in [1.165, 1.54) is 9.13 Å². The summed E-state index contributed by atoms with van der Waals surface area (Å²) in [6, 6.07) is 0. The van der Waals surface area contributed by atoms with Gasteiger partial charge in [0.05, 0.1) is 0 Å². The largest absolute Gasteiger partial charge is 0.380 e. The molecule has 1 rings (SSSR count). The molecule has 1 N–H and O–H groups in total. The second kappa shape index (κ2) is 4.82. The smallest absolute Gasteiger partial charge is 0.331 e. The Balaban J connectivity index is 3.44. The van der Waals surface area contributed by atoms with Crippen molar-refractivity contribution in [3.8, 4) is 0 Å². The van der Waals surface area contributed by atoms with E-state index in [-0.39, 0.29) is 11.2 Å². The molecule has 5 nitrogen and oxygen atoms in total. The Bertz CT molecular complexity index is 445. The normalized spacial score (nSPS) is 10.3. The van der Waals surface area contributed by atoms with Crippen LogP contribution in [-0.4, -0.2) is 15.7 Å². The second-order valence-electron chi connectivity index (χ2n) is 3.19. The summed E-state index contributed by atoms with van der Waals surface area (Å²) < 4.78 is 2.77. The van der Waals surface area contributed by atoms with E-state index in [2.05, 4.69) is 5.32 Å². The van der Waals surface area contributed by atoms with Crippen LogP contribution in [0.15, 0.2) is 15.8 Å². The molecule has 0 radical (unpaired) electrons. The Morgan fingerprint density at radius 2 is 1.87 bits per heavy atom. The van der Waals surface area contributed by atoms with Gasteiger partial charge in [-0.3, -0.25) is 13.9 Å². The quantitative estimate of drug-likeness (QED) is 0.788. The molecule has 0 fully saturated rings. The van der Waals surface area contributed by atoms with Gasteiger partial charge in [0.1, 0.15) is 5.69 Å². The van der Waals surface area contributed by atoms with Crippen molar-refractivity contribution in [2.75, 3.05) is 11.9 Å². The zero-order valence-electron chi connectivity index (χ0n) is 9.41. The molecule has 0 spiro atoms. The summed E-state index contributed by atoms with van der Waals surface area (Å²) >= 11 is 0. The van der Waals surface area contributed by atoms with E-state index in [9.17, 15) is 9.59 Å². The Kier molecular flexibility index (Phi) is 3.71. The zero-order valence-corrected chi connectivity index (χ0v) is 9.41. The van der Waals surface area contributed by atoms with Crippen LogP contribution >= 0.6 is 0 Å². The average Bonchev–Trinajstić information content (AvgIpc) is 2.23. The Labute approximate surface area is 88.4 Å². The highest BCUT2D eigenvalue weighted by atomic mass is 16.2. The van der Waals surface area contributed by atoms with Gasteiger partial charge >= 0.3 is 5.69 Å². The molecule has 1 aromatic heterocycles. The molecule has 1 aromatic rings. The molecule has 0 aliphatic heterocycles. The maximum absolute atomic E-state index is 11.8. The van der Waals surface area contributed by atoms with Crippen molar-refractivity contribution in [3.63, 3.8) is 0 Å². The minimum absolute atomic E-state index is 0.242. The zero-order chi connectivity index (χ0) is 11.4. The van der Waals surface area contributed by atoms with Gasteiger partial charge in [0.15, 0.2) is 0 Å². The average molecular weight is 211 g/mol. The van der Waals surface area contributed by atoms with Gasteiger partial charge in [0.25, 0.3) is 5.56 Å². The molecule has 5 heteroatoms. The van der Waals surface area contributed by atoms with Crippen LogP contribution in [0.4, 0.5) is 5.69 Å². The summed E-state index contributed by atoms with van der Waals surface area (Å²) in [5.41, 5.74) is 0.00139. The molecule has 0 atom stereocenters. The summed E-state index contributed by atoms with van der Waals surface area (Å²) in [5, 5.41) is 2.96. The first kappa shape index (κ1) is 11.6. The van der Waals surface area contributed by atoms with Crippen LogP contribution in [0.1, 0.15) is 20.8 Å². The van der Waals surface area contributed by atoms with Crippen LogP contribution in [0.2, 0.25) is 0 Å². The fraction of sp³-hybridized carbons (Fsp3) is 0.600. The van der Waals surface area contributed by atoms with E-state index < -0.39 is 0 Å². The molecule has 0 saturated heterocycles. The summed E-state index contributed by atoms with van der Waals surface area (Å²) in [7, 11) is 0. The number of hydrogen-bond acceptors (Lipinski definition) is 3. The van der Waals surface area contributed by atoms with E-state index in [1.807, 2.05) is 13.8 Å². The minimum Gasteiger partial charge on any atom is -0.380 e. The predicted octanol–water partition coefficient (Wildman–Crippen LogP) is 0.482. The van der Waals surface area contributed by atoms with Crippen LogP contribution in [-0.2, 0) is 13.1 Å². The van der Waals surface area contributed by atoms with Gasteiger partial charge in [-0.05, 0) is 20.8 Å². The molecule has 1 heterocycles. The van der Waals surface area contributed by atoms with E-state index in [1.54, 1.807) is 13.1 Å². The second-order valence-corrected chi connectivity index (χ2v) is 3.19.